The fraction of sp³-hybridized carbons (Fsp3) is 0. The van der Waals surface area contributed by atoms with E-state index in [0.717, 1.165) is 5.39 Å². The summed E-state index contributed by atoms with van der Waals surface area (Å²) < 4.78 is 0. The normalized spacial score (nSPS) is 10.3. The minimum Gasteiger partial charge on any atom is -0.495 e. The van der Waals surface area contributed by atoms with E-state index >= 15 is 0 Å². The third-order valence-electron chi connectivity index (χ3n) is 1.71. The Morgan fingerprint density at radius 2 is 2.00 bits per heavy atom. The second-order valence-electron chi connectivity index (χ2n) is 2.57. The zero-order chi connectivity index (χ0) is 8.55. The fourth-order valence-electron chi connectivity index (χ4n) is 1.18. The Kier molecular flexibility index (Phi) is 1.37. The van der Waals surface area contributed by atoms with Gasteiger partial charge >= 0.3 is 0 Å². The van der Waals surface area contributed by atoms with Gasteiger partial charge in [-0.25, -0.2) is 0 Å². The van der Waals surface area contributed by atoms with Gasteiger partial charge < -0.3 is 10.1 Å². The highest BCUT2D eigenvalue weighted by molar-refractivity contribution is 5.80. The minimum atomic E-state index is -0.115. The number of aromatic nitrogens is 1. The molecule has 60 valence electrons. The van der Waals surface area contributed by atoms with Crippen molar-refractivity contribution in [3.05, 3.63) is 40.6 Å². The van der Waals surface area contributed by atoms with Crippen LogP contribution < -0.4 is 5.43 Å². The lowest BCUT2D eigenvalue weighted by atomic mass is 10.3. The third kappa shape index (κ3) is 0.955. The van der Waals surface area contributed by atoms with Crippen LogP contribution in [0.2, 0.25) is 0 Å². The Labute approximate surface area is 68.3 Å². The molecule has 0 bridgehead atoms. The standard InChI is InChI=1S/C9H7NO2/c11-7-4-2-1-3-6-5-8(12)10-9(6)7/h1-5,10,12H. The summed E-state index contributed by atoms with van der Waals surface area (Å²) in [6.45, 7) is 0. The second-order valence-corrected chi connectivity index (χ2v) is 2.57. The Morgan fingerprint density at radius 1 is 1.25 bits per heavy atom. The average molecular weight is 161 g/mol. The van der Waals surface area contributed by atoms with Gasteiger partial charge in [0.2, 0.25) is 5.43 Å². The lowest BCUT2D eigenvalue weighted by Crippen LogP contribution is -1.93. The van der Waals surface area contributed by atoms with E-state index in [1.807, 2.05) is 0 Å². The summed E-state index contributed by atoms with van der Waals surface area (Å²) >= 11 is 0. The van der Waals surface area contributed by atoms with Gasteiger partial charge in [0.25, 0.3) is 0 Å². The van der Waals surface area contributed by atoms with Crippen molar-refractivity contribution < 1.29 is 5.11 Å². The van der Waals surface area contributed by atoms with E-state index in [9.17, 15) is 4.79 Å². The molecule has 0 aliphatic heterocycles. The Hall–Kier alpha value is -1.77. The van der Waals surface area contributed by atoms with Crippen molar-refractivity contribution in [3.8, 4) is 5.88 Å². The molecule has 3 heteroatoms. The van der Waals surface area contributed by atoms with Gasteiger partial charge in [-0.05, 0) is 6.07 Å². The van der Waals surface area contributed by atoms with Crippen molar-refractivity contribution in [1.82, 2.24) is 4.98 Å². The van der Waals surface area contributed by atoms with Gasteiger partial charge in [0.15, 0.2) is 5.88 Å². The predicted octanol–water partition coefficient (Wildman–Crippen LogP) is 1.23. The third-order valence-corrected chi connectivity index (χ3v) is 1.71. The van der Waals surface area contributed by atoms with Gasteiger partial charge in [0, 0.05) is 11.5 Å². The first-order valence-corrected chi connectivity index (χ1v) is 3.58. The summed E-state index contributed by atoms with van der Waals surface area (Å²) in [7, 11) is 0. The maximum absolute atomic E-state index is 11.2. The van der Waals surface area contributed by atoms with Crippen LogP contribution in [0.1, 0.15) is 0 Å². The quantitative estimate of drug-likeness (QED) is 0.610. The van der Waals surface area contributed by atoms with E-state index < -0.39 is 0 Å². The molecule has 0 unspecified atom stereocenters. The molecule has 1 heterocycles. The molecule has 0 saturated carbocycles. The molecule has 0 saturated heterocycles. The number of fused-ring (bicyclic) bond motifs is 1. The van der Waals surface area contributed by atoms with Gasteiger partial charge in [-0.1, -0.05) is 18.2 Å². The molecule has 0 radical (unpaired) electrons. The Balaban J connectivity index is 3.03. The first-order chi connectivity index (χ1) is 5.77. The molecule has 1 aromatic heterocycles. The van der Waals surface area contributed by atoms with E-state index in [1.165, 1.54) is 12.1 Å². The number of aromatic hydroxyl groups is 1. The van der Waals surface area contributed by atoms with Crippen LogP contribution in [0.15, 0.2) is 35.1 Å². The average Bonchev–Trinajstić information content (AvgIpc) is 2.33. The summed E-state index contributed by atoms with van der Waals surface area (Å²) in [5.74, 6) is 0.0216. The molecule has 3 nitrogen and oxygen atoms in total. The molecule has 1 aromatic carbocycles. The van der Waals surface area contributed by atoms with Crippen molar-refractivity contribution in [2.45, 2.75) is 0 Å². The molecule has 12 heavy (non-hydrogen) atoms. The number of rotatable bonds is 0. The number of hydrogen-bond acceptors (Lipinski definition) is 2. The smallest absolute Gasteiger partial charge is 0.202 e. The summed E-state index contributed by atoms with van der Waals surface area (Å²) in [5, 5.41) is 9.79. The van der Waals surface area contributed by atoms with Crippen LogP contribution in [-0.2, 0) is 0 Å². The zero-order valence-electron chi connectivity index (χ0n) is 6.24. The van der Waals surface area contributed by atoms with Crippen LogP contribution in [0.3, 0.4) is 0 Å². The van der Waals surface area contributed by atoms with Crippen LogP contribution in [0.4, 0.5) is 0 Å². The molecule has 0 fully saturated rings. The number of H-pyrrole nitrogens is 1. The second kappa shape index (κ2) is 2.37. The molecule has 0 spiro atoms. The highest BCUT2D eigenvalue weighted by Gasteiger charge is 1.98. The van der Waals surface area contributed by atoms with Crippen molar-refractivity contribution >= 4 is 10.9 Å². The summed E-state index contributed by atoms with van der Waals surface area (Å²) in [6.07, 6.45) is 0. The molecule has 0 amide bonds. The molecule has 0 aliphatic rings. The largest absolute Gasteiger partial charge is 0.495 e. The van der Waals surface area contributed by atoms with Crippen LogP contribution in [0.25, 0.3) is 10.9 Å². The SMILES string of the molecule is O=c1ccccc2cc(O)[nH]c12. The minimum absolute atomic E-state index is 0.0216. The number of aromatic amines is 1. The summed E-state index contributed by atoms with van der Waals surface area (Å²) in [6, 6.07) is 8.19. The molecule has 2 aromatic rings. The van der Waals surface area contributed by atoms with Crippen molar-refractivity contribution in [2.75, 3.05) is 0 Å². The topological polar surface area (TPSA) is 53.1 Å². The lowest BCUT2D eigenvalue weighted by Gasteiger charge is -1.76. The van der Waals surface area contributed by atoms with Crippen molar-refractivity contribution in [1.29, 1.82) is 0 Å². The number of hydrogen-bond donors (Lipinski definition) is 2. The fourth-order valence-corrected chi connectivity index (χ4v) is 1.18. The van der Waals surface area contributed by atoms with Gasteiger partial charge in [0.05, 0.1) is 5.52 Å². The van der Waals surface area contributed by atoms with E-state index in [0.29, 0.717) is 5.52 Å². The first kappa shape index (κ1) is 6.91. The molecule has 0 aliphatic carbocycles. The molecule has 2 N–H and O–H groups in total. The predicted molar refractivity (Wildman–Crippen MR) is 46.2 cm³/mol. The summed E-state index contributed by atoms with van der Waals surface area (Å²) in [5.41, 5.74) is 0.327. The lowest BCUT2D eigenvalue weighted by molar-refractivity contribution is 0.458. The first-order valence-electron chi connectivity index (χ1n) is 3.58. The van der Waals surface area contributed by atoms with Crippen molar-refractivity contribution in [2.24, 2.45) is 0 Å². The Bertz CT molecular complexity index is 473. The molecular formula is C9H7NO2. The highest BCUT2D eigenvalue weighted by Crippen LogP contribution is 2.14. The van der Waals surface area contributed by atoms with Crippen LogP contribution in [-0.4, -0.2) is 10.1 Å². The highest BCUT2D eigenvalue weighted by atomic mass is 16.3. The Morgan fingerprint density at radius 3 is 2.83 bits per heavy atom. The van der Waals surface area contributed by atoms with E-state index in [4.69, 9.17) is 5.11 Å². The zero-order valence-corrected chi connectivity index (χ0v) is 6.24. The van der Waals surface area contributed by atoms with Crippen LogP contribution >= 0.6 is 0 Å². The van der Waals surface area contributed by atoms with Gasteiger partial charge in [0.1, 0.15) is 0 Å². The number of nitrogens with one attached hydrogen (secondary N) is 1. The van der Waals surface area contributed by atoms with Gasteiger partial charge in [-0.3, -0.25) is 4.79 Å². The maximum Gasteiger partial charge on any atom is 0.202 e. The van der Waals surface area contributed by atoms with E-state index in [1.54, 1.807) is 18.2 Å². The van der Waals surface area contributed by atoms with Gasteiger partial charge in [-0.15, -0.1) is 0 Å². The maximum atomic E-state index is 11.2. The molecular weight excluding hydrogens is 154 g/mol. The monoisotopic (exact) mass is 161 g/mol. The van der Waals surface area contributed by atoms with Crippen molar-refractivity contribution in [3.63, 3.8) is 0 Å². The van der Waals surface area contributed by atoms with Gasteiger partial charge in [-0.2, -0.15) is 0 Å². The van der Waals surface area contributed by atoms with E-state index in [-0.39, 0.29) is 11.3 Å². The van der Waals surface area contributed by atoms with Crippen LogP contribution in [0, 0.1) is 0 Å². The molecule has 0 atom stereocenters. The molecule has 2 rings (SSSR count). The van der Waals surface area contributed by atoms with E-state index in [2.05, 4.69) is 4.98 Å². The van der Waals surface area contributed by atoms with Crippen LogP contribution in [0.5, 0.6) is 5.88 Å². The summed E-state index contributed by atoms with van der Waals surface area (Å²) in [4.78, 5) is 13.8.